The second kappa shape index (κ2) is 6.46. The van der Waals surface area contributed by atoms with Crippen molar-refractivity contribution in [3.05, 3.63) is 52.2 Å². The molecule has 0 saturated heterocycles. The van der Waals surface area contributed by atoms with Gasteiger partial charge in [-0.1, -0.05) is 0 Å². The Bertz CT molecular complexity index is 986. The third kappa shape index (κ3) is 3.72. The summed E-state index contributed by atoms with van der Waals surface area (Å²) < 4.78 is 22.9. The second-order valence-electron chi connectivity index (χ2n) is 5.20. The molecule has 0 radical (unpaired) electrons. The highest BCUT2D eigenvalue weighted by Gasteiger charge is 2.12. The number of aryl methyl sites for hydroxylation is 1. The molecule has 0 fully saturated rings. The Morgan fingerprint density at radius 3 is 2.42 bits per heavy atom. The SMILES string of the molecule is Cc1ccc(-c2csc(NC(=O)c3ccc(S(C)(=O)=O)cc3)n2)s1. The lowest BCUT2D eigenvalue weighted by Gasteiger charge is -2.03. The largest absolute Gasteiger partial charge is 0.298 e. The fourth-order valence-electron chi connectivity index (χ4n) is 2.04. The highest BCUT2D eigenvalue weighted by atomic mass is 32.2. The first-order chi connectivity index (χ1) is 11.3. The standard InChI is InChI=1S/C16H14N2O3S3/c1-10-3-8-14(23-10)13-9-22-16(17-13)18-15(19)11-4-6-12(7-5-11)24(2,20)21/h3-9H,1-2H3,(H,17,18,19). The molecule has 8 heteroatoms. The minimum Gasteiger partial charge on any atom is -0.298 e. The maximum absolute atomic E-state index is 12.2. The molecule has 124 valence electrons. The van der Waals surface area contributed by atoms with Crippen molar-refractivity contribution in [1.82, 2.24) is 4.98 Å². The van der Waals surface area contributed by atoms with Crippen LogP contribution in [0.2, 0.25) is 0 Å². The number of benzene rings is 1. The number of anilines is 1. The monoisotopic (exact) mass is 378 g/mol. The van der Waals surface area contributed by atoms with Gasteiger partial charge in [-0.25, -0.2) is 13.4 Å². The van der Waals surface area contributed by atoms with Gasteiger partial charge in [-0.3, -0.25) is 10.1 Å². The van der Waals surface area contributed by atoms with Crippen molar-refractivity contribution in [3.8, 4) is 10.6 Å². The summed E-state index contributed by atoms with van der Waals surface area (Å²) in [5, 5.41) is 5.14. The van der Waals surface area contributed by atoms with Crippen molar-refractivity contribution < 1.29 is 13.2 Å². The predicted octanol–water partition coefficient (Wildman–Crippen LogP) is 3.84. The molecule has 24 heavy (non-hydrogen) atoms. The Morgan fingerprint density at radius 1 is 1.12 bits per heavy atom. The predicted molar refractivity (Wildman–Crippen MR) is 97.7 cm³/mol. The zero-order valence-corrected chi connectivity index (χ0v) is 15.4. The normalized spacial score (nSPS) is 11.4. The number of rotatable bonds is 4. The van der Waals surface area contributed by atoms with E-state index in [9.17, 15) is 13.2 Å². The first-order valence-electron chi connectivity index (χ1n) is 6.97. The Balaban J connectivity index is 1.74. The molecule has 0 aliphatic rings. The first-order valence-corrected chi connectivity index (χ1v) is 10.6. The summed E-state index contributed by atoms with van der Waals surface area (Å²) in [6.07, 6.45) is 1.13. The van der Waals surface area contributed by atoms with Crippen LogP contribution in [-0.2, 0) is 9.84 Å². The van der Waals surface area contributed by atoms with E-state index >= 15 is 0 Å². The van der Waals surface area contributed by atoms with Crippen molar-refractivity contribution in [2.75, 3.05) is 11.6 Å². The number of sulfone groups is 1. The van der Waals surface area contributed by atoms with Gasteiger partial charge in [0.15, 0.2) is 15.0 Å². The fourth-order valence-corrected chi connectivity index (χ4v) is 4.28. The van der Waals surface area contributed by atoms with E-state index in [1.807, 2.05) is 24.4 Å². The minimum absolute atomic E-state index is 0.184. The number of thiophene rings is 1. The Hall–Kier alpha value is -2.03. The molecule has 1 N–H and O–H groups in total. The number of carbonyl (C=O) groups excluding carboxylic acids is 1. The molecule has 2 aromatic heterocycles. The molecule has 2 heterocycles. The molecule has 3 aromatic rings. The van der Waals surface area contributed by atoms with Crippen LogP contribution >= 0.6 is 22.7 Å². The third-order valence-electron chi connectivity index (χ3n) is 3.26. The Kier molecular flexibility index (Phi) is 4.53. The molecule has 0 bridgehead atoms. The summed E-state index contributed by atoms with van der Waals surface area (Å²) >= 11 is 3.00. The van der Waals surface area contributed by atoms with Gasteiger partial charge in [0.1, 0.15) is 0 Å². The van der Waals surface area contributed by atoms with Crippen LogP contribution in [-0.4, -0.2) is 25.6 Å². The Morgan fingerprint density at radius 2 is 1.83 bits per heavy atom. The van der Waals surface area contributed by atoms with E-state index in [0.29, 0.717) is 10.7 Å². The summed E-state index contributed by atoms with van der Waals surface area (Å²) in [4.78, 5) is 19.1. The van der Waals surface area contributed by atoms with Gasteiger partial charge in [-0.2, -0.15) is 0 Å². The lowest BCUT2D eigenvalue weighted by molar-refractivity contribution is 0.102. The molecule has 0 saturated carbocycles. The number of thiazole rings is 1. The number of nitrogens with zero attached hydrogens (tertiary/aromatic N) is 1. The summed E-state index contributed by atoms with van der Waals surface area (Å²) in [5.41, 5.74) is 1.21. The van der Waals surface area contributed by atoms with Crippen LogP contribution in [0.3, 0.4) is 0 Å². The average Bonchev–Trinajstić information content (AvgIpc) is 3.15. The van der Waals surface area contributed by atoms with Crippen LogP contribution in [0.15, 0.2) is 46.7 Å². The van der Waals surface area contributed by atoms with Crippen molar-refractivity contribution in [3.63, 3.8) is 0 Å². The molecule has 0 aliphatic heterocycles. The number of amides is 1. The fraction of sp³-hybridized carbons (Fsp3) is 0.125. The van der Waals surface area contributed by atoms with E-state index in [4.69, 9.17) is 0 Å². The number of hydrogen-bond acceptors (Lipinski definition) is 6. The molecule has 0 spiro atoms. The molecule has 1 aromatic carbocycles. The van der Waals surface area contributed by atoms with Gasteiger partial charge < -0.3 is 0 Å². The second-order valence-corrected chi connectivity index (χ2v) is 9.36. The van der Waals surface area contributed by atoms with Crippen molar-refractivity contribution >= 4 is 43.5 Å². The van der Waals surface area contributed by atoms with E-state index in [1.54, 1.807) is 11.3 Å². The van der Waals surface area contributed by atoms with Gasteiger partial charge in [0.25, 0.3) is 5.91 Å². The number of aromatic nitrogens is 1. The van der Waals surface area contributed by atoms with Gasteiger partial charge in [-0.05, 0) is 43.3 Å². The van der Waals surface area contributed by atoms with Crippen LogP contribution in [0.5, 0.6) is 0 Å². The quantitative estimate of drug-likeness (QED) is 0.748. The lowest BCUT2D eigenvalue weighted by Crippen LogP contribution is -2.11. The summed E-state index contributed by atoms with van der Waals surface area (Å²) in [6.45, 7) is 2.03. The maximum Gasteiger partial charge on any atom is 0.257 e. The van der Waals surface area contributed by atoms with Gasteiger partial charge in [0, 0.05) is 22.1 Å². The van der Waals surface area contributed by atoms with Crippen LogP contribution in [0.4, 0.5) is 5.13 Å². The highest BCUT2D eigenvalue weighted by molar-refractivity contribution is 7.90. The molecule has 0 atom stereocenters. The van der Waals surface area contributed by atoms with E-state index in [1.165, 1.54) is 40.5 Å². The van der Waals surface area contributed by atoms with Gasteiger partial charge >= 0.3 is 0 Å². The first kappa shape index (κ1) is 16.8. The summed E-state index contributed by atoms with van der Waals surface area (Å²) in [7, 11) is -3.27. The smallest absolute Gasteiger partial charge is 0.257 e. The Labute approximate surface area is 147 Å². The average molecular weight is 379 g/mol. The molecule has 0 unspecified atom stereocenters. The molecule has 1 amide bonds. The third-order valence-corrected chi connectivity index (χ3v) is 6.17. The minimum atomic E-state index is -3.27. The molecular formula is C16H14N2O3S3. The molecule has 3 rings (SSSR count). The molecular weight excluding hydrogens is 364 g/mol. The van der Waals surface area contributed by atoms with Crippen molar-refractivity contribution in [2.45, 2.75) is 11.8 Å². The van der Waals surface area contributed by atoms with Crippen LogP contribution in [0.25, 0.3) is 10.6 Å². The maximum atomic E-state index is 12.2. The van der Waals surface area contributed by atoms with Gasteiger partial charge in [0.05, 0.1) is 15.5 Å². The number of hydrogen-bond donors (Lipinski definition) is 1. The van der Waals surface area contributed by atoms with Crippen LogP contribution in [0, 0.1) is 6.92 Å². The van der Waals surface area contributed by atoms with E-state index in [-0.39, 0.29) is 10.8 Å². The van der Waals surface area contributed by atoms with Crippen LogP contribution < -0.4 is 5.32 Å². The van der Waals surface area contributed by atoms with E-state index in [0.717, 1.165) is 16.8 Å². The topological polar surface area (TPSA) is 76.1 Å². The molecule has 5 nitrogen and oxygen atoms in total. The van der Waals surface area contributed by atoms with Gasteiger partial charge in [-0.15, -0.1) is 22.7 Å². The van der Waals surface area contributed by atoms with E-state index < -0.39 is 9.84 Å². The van der Waals surface area contributed by atoms with Crippen LogP contribution in [0.1, 0.15) is 15.2 Å². The zero-order valence-electron chi connectivity index (χ0n) is 12.9. The molecule has 0 aliphatic carbocycles. The van der Waals surface area contributed by atoms with Crippen molar-refractivity contribution in [2.24, 2.45) is 0 Å². The lowest BCUT2D eigenvalue weighted by atomic mass is 10.2. The van der Waals surface area contributed by atoms with Crippen molar-refractivity contribution in [1.29, 1.82) is 0 Å². The summed E-state index contributed by atoms with van der Waals surface area (Å²) in [6, 6.07) is 9.86. The summed E-state index contributed by atoms with van der Waals surface area (Å²) in [5.74, 6) is -0.321. The van der Waals surface area contributed by atoms with E-state index in [2.05, 4.69) is 10.3 Å². The number of nitrogens with one attached hydrogen (secondary N) is 1. The highest BCUT2D eigenvalue weighted by Crippen LogP contribution is 2.30. The number of carbonyl (C=O) groups is 1. The zero-order chi connectivity index (χ0) is 17.3. The van der Waals surface area contributed by atoms with Gasteiger partial charge in [0.2, 0.25) is 0 Å².